The second-order valence-electron chi connectivity index (χ2n) is 4.97. The molecule has 0 bridgehead atoms. The van der Waals surface area contributed by atoms with E-state index in [1.807, 2.05) is 64.0 Å². The first-order chi connectivity index (χ1) is 9.40. The van der Waals surface area contributed by atoms with Crippen LogP contribution in [0.25, 0.3) is 0 Å². The summed E-state index contributed by atoms with van der Waals surface area (Å²) in [4.78, 5) is 12.2. The molecule has 2 aromatic heterocycles. The molecule has 0 radical (unpaired) electrons. The molecule has 0 aliphatic rings. The number of anilines is 2. The zero-order valence-corrected chi connectivity index (χ0v) is 18.9. The van der Waals surface area contributed by atoms with Crippen LogP contribution in [-0.2, 0) is 19.5 Å². The summed E-state index contributed by atoms with van der Waals surface area (Å²) in [7, 11) is 7.90. The van der Waals surface area contributed by atoms with Gasteiger partial charge in [-0.25, -0.2) is 23.3 Å². The average Bonchev–Trinajstić information content (AvgIpc) is 2.39. The molecule has 0 aromatic carbocycles. The molecule has 2 aromatic rings. The van der Waals surface area contributed by atoms with Crippen molar-refractivity contribution in [3.05, 3.63) is 47.8 Å². The van der Waals surface area contributed by atoms with Crippen molar-refractivity contribution in [2.75, 3.05) is 38.0 Å². The second-order valence-corrected chi connectivity index (χ2v) is 4.97. The third-order valence-electron chi connectivity index (χ3n) is 2.59. The van der Waals surface area contributed by atoms with Gasteiger partial charge in [0.2, 0.25) is 0 Å². The summed E-state index contributed by atoms with van der Waals surface area (Å²) in [6.07, 6.45) is 3.40. The van der Waals surface area contributed by atoms with Crippen LogP contribution in [0.4, 0.5) is 11.6 Å². The van der Waals surface area contributed by atoms with Gasteiger partial charge in [0.05, 0.1) is 0 Å². The van der Waals surface area contributed by atoms with Gasteiger partial charge >= 0.3 is 38.3 Å². The second kappa shape index (κ2) is 13.8. The molecule has 0 saturated heterocycles. The monoisotopic (exact) mass is 376 g/mol. The molecule has 0 N–H and O–H groups in total. The Balaban J connectivity index is -0.000000308. The molecule has 0 unspecified atom stereocenters. The predicted molar refractivity (Wildman–Crippen MR) is 84.3 cm³/mol. The van der Waals surface area contributed by atoms with E-state index >= 15 is 0 Å². The molecule has 2 heterocycles. The zero-order chi connectivity index (χ0) is 15.1. The maximum absolute atomic E-state index is 4.11. The Morgan fingerprint density at radius 3 is 1.26 bits per heavy atom. The van der Waals surface area contributed by atoms with Crippen LogP contribution >= 0.6 is 0 Å². The minimum absolute atomic E-state index is 0. The molecule has 0 amide bonds. The van der Waals surface area contributed by atoms with E-state index in [2.05, 4.69) is 22.1 Å². The van der Waals surface area contributed by atoms with Crippen LogP contribution in [0, 0.1) is 26.0 Å². The Labute approximate surface area is 171 Å². The van der Waals surface area contributed by atoms with E-state index in [4.69, 9.17) is 0 Å². The Morgan fingerprint density at radius 2 is 1.09 bits per heavy atom. The molecule has 23 heavy (non-hydrogen) atoms. The van der Waals surface area contributed by atoms with Crippen molar-refractivity contribution in [3.63, 3.8) is 0 Å². The van der Waals surface area contributed by atoms with Gasteiger partial charge in [0.25, 0.3) is 0 Å². The summed E-state index contributed by atoms with van der Waals surface area (Å²) in [6.45, 7) is 4.02. The Morgan fingerprint density at radius 1 is 0.783 bits per heavy atom. The normalized spacial score (nSPS) is 8.26. The largest absolute Gasteiger partial charge is 2.00 e. The average molecular weight is 378 g/mol. The smallest absolute Gasteiger partial charge is 1.00 e. The van der Waals surface area contributed by atoms with E-state index in [1.165, 1.54) is 0 Å². The van der Waals surface area contributed by atoms with Crippen molar-refractivity contribution in [2.24, 2.45) is 0 Å². The fourth-order valence-corrected chi connectivity index (χ4v) is 1.43. The summed E-state index contributed by atoms with van der Waals surface area (Å²) in [5.74, 6) is 1.97. The first-order valence-electron chi connectivity index (χ1n) is 6.43. The van der Waals surface area contributed by atoms with Gasteiger partial charge in [-0.1, -0.05) is 26.2 Å². The fraction of sp³-hybridized carbons (Fsp3) is 0.375. The number of pyridine rings is 2. The van der Waals surface area contributed by atoms with Crippen LogP contribution in [0.3, 0.4) is 0 Å². The van der Waals surface area contributed by atoms with E-state index in [-0.39, 0.29) is 50.7 Å². The number of nitrogens with zero attached hydrogens (tertiary/aromatic N) is 4. The minimum atomic E-state index is 0. The molecule has 0 aliphatic carbocycles. The Bertz CT molecular complexity index is 504. The SMILES string of the molecule is Cc1[c-]cnc(N(C)C)c1.Cc1[c-]cnc(N(C)C)c1.[Cl-].[Li+].[Zn+2]. The van der Waals surface area contributed by atoms with E-state index in [1.54, 1.807) is 12.4 Å². The molecule has 0 spiro atoms. The van der Waals surface area contributed by atoms with Crippen LogP contribution in [-0.4, -0.2) is 38.2 Å². The number of aryl methyl sites for hydroxylation is 2. The number of hydrogen-bond acceptors (Lipinski definition) is 4. The van der Waals surface area contributed by atoms with Crippen LogP contribution in [0.5, 0.6) is 0 Å². The van der Waals surface area contributed by atoms with Gasteiger partial charge in [0.1, 0.15) is 0 Å². The fourth-order valence-electron chi connectivity index (χ4n) is 1.43. The van der Waals surface area contributed by atoms with E-state index in [0.717, 1.165) is 22.8 Å². The van der Waals surface area contributed by atoms with Crippen molar-refractivity contribution in [2.45, 2.75) is 13.8 Å². The quantitative estimate of drug-likeness (QED) is 0.402. The Kier molecular flexibility index (Phi) is 16.4. The van der Waals surface area contributed by atoms with Crippen molar-refractivity contribution in [1.82, 2.24) is 9.97 Å². The molecular weight excluding hydrogens is 356 g/mol. The van der Waals surface area contributed by atoms with E-state index in [9.17, 15) is 0 Å². The first kappa shape index (κ1) is 27.3. The molecule has 116 valence electrons. The predicted octanol–water partition coefficient (Wildman–Crippen LogP) is -3.48. The first-order valence-corrected chi connectivity index (χ1v) is 6.43. The maximum atomic E-state index is 4.11. The number of aromatic nitrogens is 2. The third-order valence-corrected chi connectivity index (χ3v) is 2.59. The van der Waals surface area contributed by atoms with Crippen molar-refractivity contribution in [3.8, 4) is 0 Å². The van der Waals surface area contributed by atoms with Gasteiger partial charge in [-0.05, 0) is 0 Å². The summed E-state index contributed by atoms with van der Waals surface area (Å²) in [6, 6.07) is 9.98. The summed E-state index contributed by atoms with van der Waals surface area (Å²) in [5.41, 5.74) is 2.25. The summed E-state index contributed by atoms with van der Waals surface area (Å²) < 4.78 is 0. The third kappa shape index (κ3) is 10.7. The molecule has 0 saturated carbocycles. The Hall–Kier alpha value is -0.589. The van der Waals surface area contributed by atoms with Crippen LogP contribution < -0.4 is 41.1 Å². The molecule has 7 heteroatoms. The summed E-state index contributed by atoms with van der Waals surface area (Å²) >= 11 is 0. The maximum Gasteiger partial charge on any atom is 2.00 e. The van der Waals surface area contributed by atoms with Gasteiger partial charge in [-0.3, -0.25) is 9.97 Å². The van der Waals surface area contributed by atoms with Crippen LogP contribution in [0.15, 0.2) is 24.5 Å². The van der Waals surface area contributed by atoms with Gasteiger partial charge in [0.15, 0.2) is 0 Å². The van der Waals surface area contributed by atoms with Gasteiger partial charge in [-0.2, -0.15) is 12.1 Å². The molecule has 0 aliphatic heterocycles. The molecule has 4 nitrogen and oxygen atoms in total. The topological polar surface area (TPSA) is 32.3 Å². The standard InChI is InChI=1S/2C8H11N2.ClH.Li.Zn/c2*1-7-4-5-9-8(6-7)10(2)3;;;/h2*5-6H,1-3H3;1H;;/q2*-1;;+1;+2/p-1. The van der Waals surface area contributed by atoms with Crippen molar-refractivity contribution in [1.29, 1.82) is 0 Å². The number of halogens is 1. The number of hydrogen-bond donors (Lipinski definition) is 0. The van der Waals surface area contributed by atoms with Gasteiger partial charge in [0, 0.05) is 39.8 Å². The number of rotatable bonds is 2. The minimum Gasteiger partial charge on any atom is -1.00 e. The van der Waals surface area contributed by atoms with E-state index < -0.39 is 0 Å². The molecular formula is C16H22ClLiN4Zn. The van der Waals surface area contributed by atoms with E-state index in [0.29, 0.717) is 0 Å². The van der Waals surface area contributed by atoms with Gasteiger partial charge in [-0.15, -0.1) is 0 Å². The zero-order valence-electron chi connectivity index (χ0n) is 15.2. The van der Waals surface area contributed by atoms with Crippen LogP contribution in [0.2, 0.25) is 0 Å². The molecule has 0 fully saturated rings. The van der Waals surface area contributed by atoms with Crippen molar-refractivity contribution >= 4 is 11.6 Å². The van der Waals surface area contributed by atoms with Crippen LogP contribution in [0.1, 0.15) is 11.1 Å². The molecule has 2 rings (SSSR count). The van der Waals surface area contributed by atoms with Crippen molar-refractivity contribution < 1.29 is 50.7 Å². The van der Waals surface area contributed by atoms with Gasteiger partial charge < -0.3 is 22.2 Å². The molecule has 0 atom stereocenters. The summed E-state index contributed by atoms with van der Waals surface area (Å²) in [5, 5.41) is 0.